The summed E-state index contributed by atoms with van der Waals surface area (Å²) in [7, 11) is 0. The second-order valence-corrected chi connectivity index (χ2v) is 9.88. The first-order valence-electron chi connectivity index (χ1n) is 12.1. The van der Waals surface area contributed by atoms with Crippen LogP contribution < -0.4 is 10.1 Å². The van der Waals surface area contributed by atoms with Crippen molar-refractivity contribution < 1.29 is 24.8 Å². The minimum absolute atomic E-state index is 0.0534. The van der Waals surface area contributed by atoms with E-state index in [4.69, 9.17) is 19.7 Å². The number of fused-ring (bicyclic) bond motifs is 1. The number of hydrogen-bond donors (Lipinski definition) is 4. The van der Waals surface area contributed by atoms with Crippen LogP contribution in [0, 0.1) is 11.3 Å². The van der Waals surface area contributed by atoms with Crippen LogP contribution in [0.4, 0.5) is 5.95 Å². The molecular weight excluding hydrogens is 464 g/mol. The van der Waals surface area contributed by atoms with E-state index in [0.717, 1.165) is 18.4 Å². The Morgan fingerprint density at radius 1 is 1.19 bits per heavy atom. The van der Waals surface area contributed by atoms with E-state index in [1.165, 1.54) is 6.33 Å². The second-order valence-electron chi connectivity index (χ2n) is 9.88. The highest BCUT2D eigenvalue weighted by Crippen LogP contribution is 2.37. The number of nitrogens with zero attached hydrogens (tertiary/aromatic N) is 5. The van der Waals surface area contributed by atoms with Crippen LogP contribution in [0.15, 0.2) is 30.6 Å². The van der Waals surface area contributed by atoms with E-state index in [2.05, 4.69) is 21.4 Å². The molecule has 4 atom stereocenters. The number of rotatable bonds is 6. The fraction of sp³-hybridized carbons (Fsp3) is 0.520. The Bertz CT molecular complexity index is 1260. The quantitative estimate of drug-likeness (QED) is 0.399. The topological polar surface area (TPSA) is 159 Å². The van der Waals surface area contributed by atoms with Crippen LogP contribution >= 0.6 is 0 Å². The zero-order valence-electron chi connectivity index (χ0n) is 20.2. The number of nitrogens with one attached hydrogen (secondary N) is 1. The Hall–Kier alpha value is -3.30. The number of imidazole rings is 1. The average Bonchev–Trinajstić information content (AvgIpc) is 3.36. The van der Waals surface area contributed by atoms with Crippen molar-refractivity contribution in [1.29, 1.82) is 5.26 Å². The molecule has 2 fully saturated rings. The fourth-order valence-corrected chi connectivity index (χ4v) is 4.77. The van der Waals surface area contributed by atoms with Gasteiger partial charge >= 0.3 is 0 Å². The van der Waals surface area contributed by atoms with Crippen LogP contribution in [0.3, 0.4) is 0 Å². The monoisotopic (exact) mass is 494 g/mol. The van der Waals surface area contributed by atoms with Crippen LogP contribution in [-0.2, 0) is 11.3 Å². The minimum Gasteiger partial charge on any atom is -0.471 e. The van der Waals surface area contributed by atoms with Gasteiger partial charge in [-0.1, -0.05) is 12.1 Å². The van der Waals surface area contributed by atoms with Crippen molar-refractivity contribution in [2.75, 3.05) is 5.32 Å². The third kappa shape index (κ3) is 4.73. The summed E-state index contributed by atoms with van der Waals surface area (Å²) in [5.74, 6) is 0.685. The number of aliphatic hydroxyl groups excluding tert-OH is 2. The molecular formula is C25H30N6O5. The van der Waals surface area contributed by atoms with Crippen molar-refractivity contribution in [2.45, 2.75) is 82.3 Å². The summed E-state index contributed by atoms with van der Waals surface area (Å²) in [6.07, 6.45) is 0.446. The molecule has 11 heteroatoms. The molecule has 2 aliphatic rings. The Labute approximate surface area is 208 Å². The van der Waals surface area contributed by atoms with Crippen LogP contribution in [0.25, 0.3) is 11.2 Å². The molecule has 0 bridgehead atoms. The molecule has 1 aliphatic carbocycles. The maximum atomic E-state index is 10.7. The lowest BCUT2D eigenvalue weighted by Crippen LogP contribution is -2.37. The molecule has 3 aromatic rings. The highest BCUT2D eigenvalue weighted by Gasteiger charge is 2.43. The van der Waals surface area contributed by atoms with Crippen molar-refractivity contribution in [3.05, 3.63) is 41.7 Å². The molecule has 190 valence electrons. The van der Waals surface area contributed by atoms with E-state index in [1.807, 2.05) is 19.1 Å². The molecule has 3 heterocycles. The van der Waals surface area contributed by atoms with E-state index in [0.29, 0.717) is 35.5 Å². The molecule has 0 unspecified atom stereocenters. The predicted molar refractivity (Wildman–Crippen MR) is 129 cm³/mol. The Balaban J connectivity index is 1.47. The van der Waals surface area contributed by atoms with Crippen LogP contribution in [0.5, 0.6) is 5.88 Å². The zero-order chi connectivity index (χ0) is 25.4. The average molecular weight is 495 g/mol. The number of aliphatic hydroxyl groups is 3. The minimum atomic E-state index is -1.18. The van der Waals surface area contributed by atoms with Gasteiger partial charge < -0.3 is 30.1 Å². The van der Waals surface area contributed by atoms with E-state index in [-0.39, 0.29) is 18.5 Å². The number of aromatic nitrogens is 4. The van der Waals surface area contributed by atoms with Gasteiger partial charge in [-0.05, 0) is 57.2 Å². The van der Waals surface area contributed by atoms with Crippen LogP contribution in [0.1, 0.15) is 56.9 Å². The fourth-order valence-electron chi connectivity index (χ4n) is 4.77. The van der Waals surface area contributed by atoms with Gasteiger partial charge in [0.1, 0.15) is 25.1 Å². The maximum Gasteiger partial charge on any atom is 0.245 e. The van der Waals surface area contributed by atoms with Crippen LogP contribution in [-0.4, -0.2) is 64.8 Å². The molecule has 11 nitrogen and oxygen atoms in total. The van der Waals surface area contributed by atoms with Gasteiger partial charge in [0.2, 0.25) is 11.8 Å². The number of ether oxygens (including phenoxy) is 2. The molecule has 0 amide bonds. The number of anilines is 1. The number of nitriles is 1. The summed E-state index contributed by atoms with van der Waals surface area (Å²) < 4.78 is 13.5. The molecule has 0 spiro atoms. The van der Waals surface area contributed by atoms with Crippen LogP contribution in [0.2, 0.25) is 0 Å². The smallest absolute Gasteiger partial charge is 0.245 e. The van der Waals surface area contributed by atoms with Gasteiger partial charge in [-0.15, -0.1) is 0 Å². The molecule has 1 saturated carbocycles. The van der Waals surface area contributed by atoms with Crippen molar-refractivity contribution in [3.63, 3.8) is 0 Å². The van der Waals surface area contributed by atoms with Gasteiger partial charge in [-0.2, -0.15) is 10.2 Å². The molecule has 0 radical (unpaired) electrons. The van der Waals surface area contributed by atoms with E-state index < -0.39 is 30.1 Å². The van der Waals surface area contributed by atoms with Crippen molar-refractivity contribution >= 4 is 17.1 Å². The molecule has 36 heavy (non-hydrogen) atoms. The summed E-state index contributed by atoms with van der Waals surface area (Å²) in [6.45, 7) is 3.75. The second kappa shape index (κ2) is 9.63. The standard InChI is InChI=1S/C25H30N6O5/c1-14-19(32)20(33)23(36-14)31-21-18(30-24(31)29-17-7-9-25(2,34)10-8-17)22(28-13-27-21)35-12-16-5-3-15(11-26)4-6-16/h3-6,13-14,17,19-20,23,32-34H,7-10,12H2,1-2H3,(H,29,30)/t14-,17-,19-,20-,23-,25+/m1/s1. The summed E-state index contributed by atoms with van der Waals surface area (Å²) >= 11 is 0. The highest BCUT2D eigenvalue weighted by atomic mass is 16.6. The molecule has 1 aromatic carbocycles. The largest absolute Gasteiger partial charge is 0.471 e. The zero-order valence-corrected chi connectivity index (χ0v) is 20.2. The van der Waals surface area contributed by atoms with Crippen molar-refractivity contribution in [1.82, 2.24) is 19.5 Å². The van der Waals surface area contributed by atoms with E-state index >= 15 is 0 Å². The van der Waals surface area contributed by atoms with E-state index in [9.17, 15) is 15.3 Å². The molecule has 1 saturated heterocycles. The Kier molecular flexibility index (Phi) is 6.53. The third-order valence-electron chi connectivity index (χ3n) is 7.03. The third-order valence-corrected chi connectivity index (χ3v) is 7.03. The van der Waals surface area contributed by atoms with Gasteiger partial charge in [0.25, 0.3) is 0 Å². The molecule has 1 aliphatic heterocycles. The maximum absolute atomic E-state index is 10.7. The van der Waals surface area contributed by atoms with Crippen molar-refractivity contribution in [2.24, 2.45) is 0 Å². The van der Waals surface area contributed by atoms with Gasteiger partial charge in [0.05, 0.1) is 23.3 Å². The molecule has 5 rings (SSSR count). The summed E-state index contributed by atoms with van der Waals surface area (Å²) in [6, 6.07) is 9.21. The normalized spacial score (nSPS) is 30.3. The number of benzene rings is 1. The van der Waals surface area contributed by atoms with Gasteiger partial charge in [-0.3, -0.25) is 4.57 Å². The predicted octanol–water partition coefficient (Wildman–Crippen LogP) is 2.02. The van der Waals surface area contributed by atoms with E-state index in [1.54, 1.807) is 23.6 Å². The van der Waals surface area contributed by atoms with Gasteiger partial charge in [0.15, 0.2) is 17.4 Å². The lowest BCUT2D eigenvalue weighted by Gasteiger charge is -2.34. The lowest BCUT2D eigenvalue weighted by molar-refractivity contribution is -0.0289. The number of hydrogen-bond acceptors (Lipinski definition) is 10. The highest BCUT2D eigenvalue weighted by molar-refractivity contribution is 5.79. The summed E-state index contributed by atoms with van der Waals surface area (Å²) in [5, 5.41) is 43.8. The Morgan fingerprint density at radius 3 is 2.56 bits per heavy atom. The molecule has 2 aromatic heterocycles. The lowest BCUT2D eigenvalue weighted by atomic mass is 9.84. The first-order valence-corrected chi connectivity index (χ1v) is 12.1. The first kappa shape index (κ1) is 24.4. The Morgan fingerprint density at radius 2 is 1.92 bits per heavy atom. The summed E-state index contributed by atoms with van der Waals surface area (Å²) in [4.78, 5) is 13.4. The van der Waals surface area contributed by atoms with Crippen molar-refractivity contribution in [3.8, 4) is 11.9 Å². The van der Waals surface area contributed by atoms with Gasteiger partial charge in [0, 0.05) is 6.04 Å². The first-order chi connectivity index (χ1) is 17.3. The molecule has 4 N–H and O–H groups in total. The van der Waals surface area contributed by atoms with Gasteiger partial charge in [-0.25, -0.2) is 9.97 Å². The SMILES string of the molecule is C[C@H]1O[C@@H](n2c(N[C@H]3CC[C@@](C)(O)CC3)nc3c(OCc4ccc(C#N)cc4)ncnc32)[C@H](O)[C@@H]1O. The summed E-state index contributed by atoms with van der Waals surface area (Å²) in [5.41, 5.74) is 1.53.